The molecule has 1 saturated carbocycles. The molecule has 5 heteroatoms. The molecule has 3 N–H and O–H groups in total. The molecule has 0 aliphatic heterocycles. The van der Waals surface area contributed by atoms with Crippen LogP contribution in [-0.2, 0) is 9.59 Å². The zero-order valence-electron chi connectivity index (χ0n) is 10.8. The van der Waals surface area contributed by atoms with Gasteiger partial charge in [0.25, 0.3) is 0 Å². The van der Waals surface area contributed by atoms with Crippen LogP contribution in [0, 0.1) is 0 Å². The highest BCUT2D eigenvalue weighted by molar-refractivity contribution is 5.80. The van der Waals surface area contributed by atoms with Crippen LogP contribution in [0.2, 0.25) is 0 Å². The number of rotatable bonds is 5. The summed E-state index contributed by atoms with van der Waals surface area (Å²) in [7, 11) is 0. The zero-order valence-corrected chi connectivity index (χ0v) is 10.8. The average Bonchev–Trinajstić information content (AvgIpc) is 2.09. The third-order valence-electron chi connectivity index (χ3n) is 2.98. The average molecular weight is 242 g/mol. The van der Waals surface area contributed by atoms with Crippen molar-refractivity contribution in [2.45, 2.75) is 57.5 Å². The highest BCUT2D eigenvalue weighted by Gasteiger charge is 2.40. The molecule has 0 radical (unpaired) electrons. The molecule has 0 saturated heterocycles. The molecule has 0 unspecified atom stereocenters. The predicted octanol–water partition coefficient (Wildman–Crippen LogP) is 0.888. The predicted molar refractivity (Wildman–Crippen MR) is 64.7 cm³/mol. The van der Waals surface area contributed by atoms with Crippen molar-refractivity contribution in [3.63, 3.8) is 0 Å². The SMILES string of the molecule is CC(C)(C)NCC(=O)NC1(CC(=O)O)CCC1. The highest BCUT2D eigenvalue weighted by Crippen LogP contribution is 2.34. The van der Waals surface area contributed by atoms with E-state index in [-0.39, 0.29) is 24.4 Å². The molecule has 17 heavy (non-hydrogen) atoms. The van der Waals surface area contributed by atoms with E-state index in [2.05, 4.69) is 10.6 Å². The Morgan fingerprint density at radius 2 is 1.88 bits per heavy atom. The van der Waals surface area contributed by atoms with E-state index in [1.807, 2.05) is 20.8 Å². The van der Waals surface area contributed by atoms with Crippen molar-refractivity contribution in [1.29, 1.82) is 0 Å². The number of carboxylic acid groups (broad SMARTS) is 1. The fourth-order valence-electron chi connectivity index (χ4n) is 1.92. The van der Waals surface area contributed by atoms with E-state index in [4.69, 9.17) is 5.11 Å². The lowest BCUT2D eigenvalue weighted by Gasteiger charge is -2.41. The second-order valence-electron chi connectivity index (χ2n) is 5.86. The number of amides is 1. The third kappa shape index (κ3) is 4.73. The summed E-state index contributed by atoms with van der Waals surface area (Å²) in [5.74, 6) is -0.977. The van der Waals surface area contributed by atoms with Gasteiger partial charge in [0.2, 0.25) is 5.91 Å². The molecule has 1 rings (SSSR count). The maximum Gasteiger partial charge on any atom is 0.305 e. The molecule has 0 aromatic rings. The van der Waals surface area contributed by atoms with Crippen molar-refractivity contribution in [3.8, 4) is 0 Å². The van der Waals surface area contributed by atoms with Crippen LogP contribution >= 0.6 is 0 Å². The smallest absolute Gasteiger partial charge is 0.305 e. The van der Waals surface area contributed by atoms with Crippen molar-refractivity contribution in [2.24, 2.45) is 0 Å². The lowest BCUT2D eigenvalue weighted by atomic mass is 9.74. The van der Waals surface area contributed by atoms with Gasteiger partial charge in [-0.05, 0) is 40.0 Å². The van der Waals surface area contributed by atoms with E-state index >= 15 is 0 Å². The number of nitrogens with one attached hydrogen (secondary N) is 2. The van der Waals surface area contributed by atoms with Gasteiger partial charge in [-0.3, -0.25) is 9.59 Å². The molecular weight excluding hydrogens is 220 g/mol. The Morgan fingerprint density at radius 3 is 2.24 bits per heavy atom. The Balaban J connectivity index is 2.41. The van der Waals surface area contributed by atoms with E-state index in [0.717, 1.165) is 19.3 Å². The fraction of sp³-hybridized carbons (Fsp3) is 0.833. The Hall–Kier alpha value is -1.10. The molecular formula is C12H22N2O3. The van der Waals surface area contributed by atoms with Gasteiger partial charge in [-0.2, -0.15) is 0 Å². The first-order valence-electron chi connectivity index (χ1n) is 6.00. The first-order chi connectivity index (χ1) is 7.72. The number of carbonyl (C=O) groups excluding carboxylic acids is 1. The topological polar surface area (TPSA) is 78.4 Å². The summed E-state index contributed by atoms with van der Waals surface area (Å²) in [4.78, 5) is 22.5. The Bertz CT molecular complexity index is 303. The van der Waals surface area contributed by atoms with E-state index in [9.17, 15) is 9.59 Å². The van der Waals surface area contributed by atoms with Crippen LogP contribution in [0.15, 0.2) is 0 Å². The van der Waals surface area contributed by atoms with Gasteiger partial charge in [-0.1, -0.05) is 0 Å². The van der Waals surface area contributed by atoms with Gasteiger partial charge in [0.15, 0.2) is 0 Å². The van der Waals surface area contributed by atoms with Crippen molar-refractivity contribution >= 4 is 11.9 Å². The van der Waals surface area contributed by atoms with Crippen LogP contribution in [0.4, 0.5) is 0 Å². The molecule has 0 aromatic carbocycles. The molecule has 0 spiro atoms. The third-order valence-corrected chi connectivity index (χ3v) is 2.98. The first-order valence-corrected chi connectivity index (χ1v) is 6.00. The van der Waals surface area contributed by atoms with Crippen molar-refractivity contribution in [1.82, 2.24) is 10.6 Å². The maximum atomic E-state index is 11.7. The summed E-state index contributed by atoms with van der Waals surface area (Å²) in [5.41, 5.74) is -0.612. The Kier molecular flexibility index (Phi) is 4.14. The Labute approximate surface area is 102 Å². The highest BCUT2D eigenvalue weighted by atomic mass is 16.4. The van der Waals surface area contributed by atoms with Gasteiger partial charge in [0.05, 0.1) is 18.5 Å². The maximum absolute atomic E-state index is 11.7. The van der Waals surface area contributed by atoms with E-state index in [1.54, 1.807) is 0 Å². The van der Waals surface area contributed by atoms with Crippen molar-refractivity contribution in [2.75, 3.05) is 6.54 Å². The van der Waals surface area contributed by atoms with Gasteiger partial charge in [-0.25, -0.2) is 0 Å². The minimum absolute atomic E-state index is 0.0221. The molecule has 98 valence electrons. The summed E-state index contributed by atoms with van der Waals surface area (Å²) in [6, 6.07) is 0. The monoisotopic (exact) mass is 242 g/mol. The molecule has 0 bridgehead atoms. The second-order valence-corrected chi connectivity index (χ2v) is 5.86. The Morgan fingerprint density at radius 1 is 1.29 bits per heavy atom. The molecule has 5 nitrogen and oxygen atoms in total. The van der Waals surface area contributed by atoms with E-state index in [0.29, 0.717) is 0 Å². The summed E-state index contributed by atoms with van der Waals surface area (Å²) in [5, 5.41) is 14.8. The number of carbonyl (C=O) groups is 2. The molecule has 1 aliphatic rings. The normalized spacial score (nSPS) is 18.3. The van der Waals surface area contributed by atoms with Gasteiger partial charge in [0, 0.05) is 5.54 Å². The molecule has 0 atom stereocenters. The molecule has 0 heterocycles. The van der Waals surface area contributed by atoms with Crippen LogP contribution in [0.5, 0.6) is 0 Å². The van der Waals surface area contributed by atoms with Crippen molar-refractivity contribution < 1.29 is 14.7 Å². The van der Waals surface area contributed by atoms with Crippen LogP contribution < -0.4 is 10.6 Å². The largest absolute Gasteiger partial charge is 0.481 e. The van der Waals surface area contributed by atoms with Gasteiger partial charge in [0.1, 0.15) is 0 Å². The molecule has 1 amide bonds. The summed E-state index contributed by atoms with van der Waals surface area (Å²) in [6.45, 7) is 6.18. The number of hydrogen-bond acceptors (Lipinski definition) is 3. The first kappa shape index (κ1) is 14.0. The van der Waals surface area contributed by atoms with Gasteiger partial charge >= 0.3 is 5.97 Å². The van der Waals surface area contributed by atoms with Crippen molar-refractivity contribution in [3.05, 3.63) is 0 Å². The van der Waals surface area contributed by atoms with E-state index < -0.39 is 11.5 Å². The standard InChI is InChI=1S/C12H22N2O3/c1-11(2,3)13-8-9(15)14-12(5-4-6-12)7-10(16)17/h13H,4-8H2,1-3H3,(H,14,15)(H,16,17). The van der Waals surface area contributed by atoms with Crippen LogP contribution in [0.3, 0.4) is 0 Å². The van der Waals surface area contributed by atoms with E-state index in [1.165, 1.54) is 0 Å². The van der Waals surface area contributed by atoms with Gasteiger partial charge < -0.3 is 15.7 Å². The second kappa shape index (κ2) is 5.04. The molecule has 0 aromatic heterocycles. The number of carboxylic acids is 1. The fourth-order valence-corrected chi connectivity index (χ4v) is 1.92. The zero-order chi connectivity index (χ0) is 13.1. The quantitative estimate of drug-likeness (QED) is 0.669. The lowest BCUT2D eigenvalue weighted by molar-refractivity contribution is -0.140. The summed E-state index contributed by atoms with van der Waals surface area (Å²) < 4.78 is 0. The minimum atomic E-state index is -0.853. The molecule has 1 fully saturated rings. The van der Waals surface area contributed by atoms with Crippen LogP contribution in [0.25, 0.3) is 0 Å². The number of aliphatic carboxylic acids is 1. The number of hydrogen-bond donors (Lipinski definition) is 3. The van der Waals surface area contributed by atoms with Crippen LogP contribution in [0.1, 0.15) is 46.5 Å². The minimum Gasteiger partial charge on any atom is -0.481 e. The molecule has 1 aliphatic carbocycles. The van der Waals surface area contributed by atoms with Gasteiger partial charge in [-0.15, -0.1) is 0 Å². The summed E-state index contributed by atoms with van der Waals surface area (Å²) in [6.07, 6.45) is 2.54. The summed E-state index contributed by atoms with van der Waals surface area (Å²) >= 11 is 0. The lowest BCUT2D eigenvalue weighted by Crippen LogP contribution is -2.57. The van der Waals surface area contributed by atoms with Crippen LogP contribution in [-0.4, -0.2) is 34.6 Å².